The van der Waals surface area contributed by atoms with E-state index < -0.39 is 23.1 Å². The fraction of sp³-hybridized carbons (Fsp3) is 0.800. The second kappa shape index (κ2) is 7.04. The van der Waals surface area contributed by atoms with Gasteiger partial charge in [-0.2, -0.15) is 0 Å². The number of hydrogen-bond donors (Lipinski definition) is 1. The molecule has 0 amide bonds. The summed E-state index contributed by atoms with van der Waals surface area (Å²) >= 11 is 0. The third-order valence-electron chi connectivity index (χ3n) is 2.31. The minimum absolute atomic E-state index is 0.00515. The van der Waals surface area contributed by atoms with Crippen LogP contribution in [0.5, 0.6) is 0 Å². The number of ether oxygens (including phenoxy) is 1. The van der Waals surface area contributed by atoms with Crippen LogP contribution in [0, 0.1) is 5.92 Å². The van der Waals surface area contributed by atoms with E-state index in [1.165, 1.54) is 4.57 Å². The Bertz CT molecular complexity index is 531. The van der Waals surface area contributed by atoms with Gasteiger partial charge in [0.25, 0.3) is 21.6 Å². The van der Waals surface area contributed by atoms with Crippen molar-refractivity contribution < 1.29 is 21.9 Å². The molecule has 0 aliphatic carbocycles. The molecule has 0 spiro atoms. The Hall–Kier alpha value is -1.13. The number of nitrogens with zero attached hydrogens (tertiary/aromatic N) is 3. The molecule has 20 heavy (non-hydrogen) atoms. The number of rotatable bonds is 8. The Labute approximate surface area is 116 Å². The maximum atomic E-state index is 11.9. The molecule has 1 aromatic heterocycles. The van der Waals surface area contributed by atoms with Crippen molar-refractivity contribution in [3.63, 3.8) is 0 Å². The number of halogens is 2. The summed E-state index contributed by atoms with van der Waals surface area (Å²) in [6.45, 7) is 3.49. The van der Waals surface area contributed by atoms with Gasteiger partial charge in [0.05, 0.1) is 6.61 Å². The quantitative estimate of drug-likeness (QED) is 0.701. The summed E-state index contributed by atoms with van der Waals surface area (Å²) in [6, 6.07) is 0. The van der Waals surface area contributed by atoms with Crippen LogP contribution in [0.2, 0.25) is 0 Å². The molecule has 0 aliphatic heterocycles. The van der Waals surface area contributed by atoms with Gasteiger partial charge in [-0.3, -0.25) is 0 Å². The van der Waals surface area contributed by atoms with Crippen molar-refractivity contribution >= 4 is 10.0 Å². The molecule has 1 rings (SSSR count). The second-order valence-corrected chi connectivity index (χ2v) is 6.12. The van der Waals surface area contributed by atoms with Crippen LogP contribution in [0.1, 0.15) is 19.7 Å². The topological polar surface area (TPSA) is 100 Å². The highest BCUT2D eigenvalue weighted by molar-refractivity contribution is 7.89. The van der Waals surface area contributed by atoms with Crippen LogP contribution in [0.15, 0.2) is 5.16 Å². The first-order chi connectivity index (χ1) is 9.21. The van der Waals surface area contributed by atoms with Crippen molar-refractivity contribution in [1.82, 2.24) is 14.8 Å². The number of hydrogen-bond acceptors (Lipinski definition) is 5. The molecule has 1 aromatic rings. The maximum Gasteiger partial charge on any atom is 0.273 e. The standard InChI is InChI=1S/C10H18F2N4O3S/c1-7(2)5-16-9(3-4-19-6-8(11)12)14-15-10(16)20(13,17)18/h7-8H,3-6H2,1-2H3,(H2,13,17,18). The summed E-state index contributed by atoms with van der Waals surface area (Å²) in [5, 5.41) is 12.0. The molecule has 0 fully saturated rings. The third-order valence-corrected chi connectivity index (χ3v) is 3.12. The molecule has 0 saturated heterocycles. The number of sulfonamides is 1. The van der Waals surface area contributed by atoms with E-state index in [2.05, 4.69) is 10.2 Å². The zero-order chi connectivity index (χ0) is 15.3. The van der Waals surface area contributed by atoms with Crippen LogP contribution in [-0.2, 0) is 27.7 Å². The van der Waals surface area contributed by atoms with Crippen molar-refractivity contribution in [2.75, 3.05) is 13.2 Å². The van der Waals surface area contributed by atoms with Gasteiger partial charge in [0.1, 0.15) is 12.4 Å². The number of nitrogens with two attached hydrogens (primary N) is 1. The normalized spacial score (nSPS) is 12.6. The fourth-order valence-corrected chi connectivity index (χ4v) is 2.24. The lowest BCUT2D eigenvalue weighted by molar-refractivity contribution is 0.0180. The molecule has 0 aliphatic rings. The molecule has 10 heteroatoms. The first-order valence-electron chi connectivity index (χ1n) is 6.02. The smallest absolute Gasteiger partial charge is 0.273 e. The van der Waals surface area contributed by atoms with Crippen LogP contribution in [0.3, 0.4) is 0 Å². The molecule has 116 valence electrons. The minimum atomic E-state index is -3.97. The number of aromatic nitrogens is 3. The summed E-state index contributed by atoms with van der Waals surface area (Å²) in [7, 11) is -3.97. The molecule has 0 aromatic carbocycles. The Balaban J connectivity index is 2.82. The highest BCUT2D eigenvalue weighted by Gasteiger charge is 2.21. The summed E-state index contributed by atoms with van der Waals surface area (Å²) in [6.07, 6.45) is -2.36. The Kier molecular flexibility index (Phi) is 5.96. The van der Waals surface area contributed by atoms with Gasteiger partial charge in [0.15, 0.2) is 0 Å². The van der Waals surface area contributed by atoms with Gasteiger partial charge in [-0.25, -0.2) is 22.3 Å². The van der Waals surface area contributed by atoms with Crippen molar-refractivity contribution in [2.24, 2.45) is 11.1 Å². The van der Waals surface area contributed by atoms with E-state index in [1.807, 2.05) is 13.8 Å². The molecular formula is C10H18F2N4O3S. The van der Waals surface area contributed by atoms with Crippen LogP contribution in [-0.4, -0.2) is 42.8 Å². The van der Waals surface area contributed by atoms with E-state index in [4.69, 9.17) is 9.88 Å². The van der Waals surface area contributed by atoms with Crippen molar-refractivity contribution in [3.8, 4) is 0 Å². The van der Waals surface area contributed by atoms with Crippen molar-refractivity contribution in [2.45, 2.75) is 38.4 Å². The number of primary sulfonamides is 1. The lowest BCUT2D eigenvalue weighted by Crippen LogP contribution is -2.21. The minimum Gasteiger partial charge on any atom is -0.375 e. The van der Waals surface area contributed by atoms with E-state index >= 15 is 0 Å². The highest BCUT2D eigenvalue weighted by Crippen LogP contribution is 2.11. The molecule has 0 saturated carbocycles. The highest BCUT2D eigenvalue weighted by atomic mass is 32.2. The Morgan fingerprint density at radius 1 is 1.35 bits per heavy atom. The lowest BCUT2D eigenvalue weighted by atomic mass is 10.2. The van der Waals surface area contributed by atoms with Gasteiger partial charge in [0, 0.05) is 13.0 Å². The van der Waals surface area contributed by atoms with E-state index in [1.54, 1.807) is 0 Å². The molecule has 0 radical (unpaired) electrons. The molecule has 7 nitrogen and oxygen atoms in total. The first-order valence-corrected chi connectivity index (χ1v) is 7.57. The zero-order valence-corrected chi connectivity index (χ0v) is 12.1. The largest absolute Gasteiger partial charge is 0.375 e. The van der Waals surface area contributed by atoms with Gasteiger partial charge in [0.2, 0.25) is 0 Å². The zero-order valence-electron chi connectivity index (χ0n) is 11.3. The van der Waals surface area contributed by atoms with Gasteiger partial charge >= 0.3 is 0 Å². The Morgan fingerprint density at radius 2 is 2.00 bits per heavy atom. The van der Waals surface area contributed by atoms with E-state index in [-0.39, 0.29) is 24.1 Å². The molecule has 0 atom stereocenters. The SMILES string of the molecule is CC(C)Cn1c(CCOCC(F)F)nnc1S(N)(=O)=O. The average molecular weight is 312 g/mol. The fourth-order valence-electron chi connectivity index (χ4n) is 1.60. The van der Waals surface area contributed by atoms with Crippen molar-refractivity contribution in [1.29, 1.82) is 0 Å². The monoisotopic (exact) mass is 312 g/mol. The van der Waals surface area contributed by atoms with Gasteiger partial charge < -0.3 is 9.30 Å². The van der Waals surface area contributed by atoms with Gasteiger partial charge in [-0.05, 0) is 5.92 Å². The summed E-state index contributed by atoms with van der Waals surface area (Å²) in [5.74, 6) is 0.490. The third kappa shape index (κ3) is 5.10. The van der Waals surface area contributed by atoms with Crippen molar-refractivity contribution in [3.05, 3.63) is 5.82 Å². The van der Waals surface area contributed by atoms with Crippen LogP contribution < -0.4 is 5.14 Å². The lowest BCUT2D eigenvalue weighted by Gasteiger charge is -2.11. The maximum absolute atomic E-state index is 11.9. The molecule has 2 N–H and O–H groups in total. The second-order valence-electron chi connectivity index (χ2n) is 4.66. The van der Waals surface area contributed by atoms with Crippen LogP contribution >= 0.6 is 0 Å². The van der Waals surface area contributed by atoms with Gasteiger partial charge in [-0.1, -0.05) is 13.8 Å². The average Bonchev–Trinajstić information content (AvgIpc) is 2.66. The summed E-state index contributed by atoms with van der Waals surface area (Å²) in [5.41, 5.74) is 0. The first kappa shape index (κ1) is 16.9. The van der Waals surface area contributed by atoms with Crippen LogP contribution in [0.25, 0.3) is 0 Å². The summed E-state index contributed by atoms with van der Waals surface area (Å²) in [4.78, 5) is 0. The molecular weight excluding hydrogens is 294 g/mol. The van der Waals surface area contributed by atoms with Gasteiger partial charge in [-0.15, -0.1) is 10.2 Å². The van der Waals surface area contributed by atoms with E-state index in [0.29, 0.717) is 12.4 Å². The molecule has 0 unspecified atom stereocenters. The predicted octanol–water partition coefficient (Wildman–Crippen LogP) is 0.406. The van der Waals surface area contributed by atoms with E-state index in [9.17, 15) is 17.2 Å². The Morgan fingerprint density at radius 3 is 2.50 bits per heavy atom. The molecule has 0 bridgehead atoms. The number of alkyl halides is 2. The predicted molar refractivity (Wildman–Crippen MR) is 66.8 cm³/mol. The molecule has 1 heterocycles. The van der Waals surface area contributed by atoms with E-state index in [0.717, 1.165) is 0 Å². The summed E-state index contributed by atoms with van der Waals surface area (Å²) < 4.78 is 52.7. The van der Waals surface area contributed by atoms with Crippen LogP contribution in [0.4, 0.5) is 8.78 Å².